The molecule has 1 aromatic carbocycles. The molecule has 0 bridgehead atoms. The predicted molar refractivity (Wildman–Crippen MR) is 79.0 cm³/mol. The Morgan fingerprint density at radius 3 is 1.94 bits per heavy atom. The van der Waals surface area contributed by atoms with Crippen molar-refractivity contribution in [1.82, 2.24) is 0 Å². The lowest BCUT2D eigenvalue weighted by Crippen LogP contribution is -2.30. The highest BCUT2D eigenvalue weighted by Gasteiger charge is 2.33. The summed E-state index contributed by atoms with van der Waals surface area (Å²) in [7, 11) is 0. The van der Waals surface area contributed by atoms with Gasteiger partial charge >= 0.3 is 0 Å². The quantitative estimate of drug-likeness (QED) is 0.856. The zero-order chi connectivity index (χ0) is 13.3. The highest BCUT2D eigenvalue weighted by Crippen LogP contribution is 2.41. The molecular formula is C17H27N. The fourth-order valence-corrected chi connectivity index (χ4v) is 3.52. The molecule has 1 aliphatic carbocycles. The van der Waals surface area contributed by atoms with Crippen LogP contribution in [0.1, 0.15) is 53.5 Å². The van der Waals surface area contributed by atoms with Gasteiger partial charge in [0.2, 0.25) is 0 Å². The first-order valence-electron chi connectivity index (χ1n) is 7.25. The van der Waals surface area contributed by atoms with E-state index in [1.54, 1.807) is 5.56 Å². The van der Waals surface area contributed by atoms with Crippen molar-refractivity contribution in [2.75, 3.05) is 6.54 Å². The summed E-state index contributed by atoms with van der Waals surface area (Å²) in [6.45, 7) is 9.86. The Morgan fingerprint density at radius 1 is 1.00 bits per heavy atom. The second-order valence-electron chi connectivity index (χ2n) is 6.33. The highest BCUT2D eigenvalue weighted by atomic mass is 14.6. The number of aryl methyl sites for hydroxylation is 2. The second kappa shape index (κ2) is 5.05. The number of hydrogen-bond acceptors (Lipinski definition) is 1. The fraction of sp³-hybridized carbons (Fsp3) is 0.647. The standard InChI is InChI=1S/C17H27N/c1-12-9-13(2)15(4)16(14(12)3)10-17(11-18)7-5-6-8-17/h9H,5-8,10-11,18H2,1-4H3. The van der Waals surface area contributed by atoms with E-state index < -0.39 is 0 Å². The van der Waals surface area contributed by atoms with Gasteiger partial charge in [0, 0.05) is 0 Å². The average Bonchev–Trinajstić information content (AvgIpc) is 2.82. The summed E-state index contributed by atoms with van der Waals surface area (Å²) in [6.07, 6.45) is 6.54. The summed E-state index contributed by atoms with van der Waals surface area (Å²) >= 11 is 0. The van der Waals surface area contributed by atoms with Crippen molar-refractivity contribution < 1.29 is 0 Å². The Hall–Kier alpha value is -0.820. The van der Waals surface area contributed by atoms with Gasteiger partial charge in [-0.25, -0.2) is 0 Å². The van der Waals surface area contributed by atoms with Gasteiger partial charge in [-0.2, -0.15) is 0 Å². The molecule has 1 saturated carbocycles. The molecule has 1 nitrogen and oxygen atoms in total. The maximum Gasteiger partial charge on any atom is -0.00173 e. The van der Waals surface area contributed by atoms with Crippen molar-refractivity contribution in [2.45, 2.75) is 59.8 Å². The van der Waals surface area contributed by atoms with E-state index in [0.717, 1.165) is 6.54 Å². The highest BCUT2D eigenvalue weighted by molar-refractivity contribution is 5.44. The molecule has 0 aromatic heterocycles. The van der Waals surface area contributed by atoms with E-state index in [1.807, 2.05) is 0 Å². The molecule has 0 radical (unpaired) electrons. The fourth-order valence-electron chi connectivity index (χ4n) is 3.52. The minimum absolute atomic E-state index is 0.385. The lowest BCUT2D eigenvalue weighted by Gasteiger charge is -2.30. The van der Waals surface area contributed by atoms with E-state index in [1.165, 1.54) is 54.4 Å². The van der Waals surface area contributed by atoms with Gasteiger partial charge in [-0.1, -0.05) is 18.9 Å². The van der Waals surface area contributed by atoms with Crippen molar-refractivity contribution in [3.8, 4) is 0 Å². The Morgan fingerprint density at radius 2 is 1.50 bits per heavy atom. The van der Waals surface area contributed by atoms with E-state index >= 15 is 0 Å². The Bertz CT molecular complexity index is 413. The molecule has 0 aliphatic heterocycles. The van der Waals surface area contributed by atoms with E-state index in [0.29, 0.717) is 5.41 Å². The molecule has 0 spiro atoms. The van der Waals surface area contributed by atoms with Crippen LogP contribution >= 0.6 is 0 Å². The largest absolute Gasteiger partial charge is 0.330 e. The third kappa shape index (κ3) is 2.33. The van der Waals surface area contributed by atoms with Gasteiger partial charge in [0.05, 0.1) is 0 Å². The third-order valence-electron chi connectivity index (χ3n) is 5.17. The normalized spacial score (nSPS) is 18.3. The molecule has 1 aromatic rings. The topological polar surface area (TPSA) is 26.0 Å². The summed E-state index contributed by atoms with van der Waals surface area (Å²) in [4.78, 5) is 0. The van der Waals surface area contributed by atoms with Gasteiger partial charge in [0.15, 0.2) is 0 Å². The SMILES string of the molecule is Cc1cc(C)c(C)c(CC2(CN)CCCC2)c1C. The van der Waals surface area contributed by atoms with Crippen LogP contribution in [0.2, 0.25) is 0 Å². The Balaban J connectivity index is 2.39. The lowest BCUT2D eigenvalue weighted by atomic mass is 9.77. The molecule has 0 atom stereocenters. The lowest BCUT2D eigenvalue weighted by molar-refractivity contribution is 0.305. The second-order valence-corrected chi connectivity index (χ2v) is 6.33. The first-order valence-corrected chi connectivity index (χ1v) is 7.25. The van der Waals surface area contributed by atoms with Crippen molar-refractivity contribution in [1.29, 1.82) is 0 Å². The number of rotatable bonds is 3. The number of hydrogen-bond donors (Lipinski definition) is 1. The summed E-state index contributed by atoms with van der Waals surface area (Å²) in [5.41, 5.74) is 13.9. The molecule has 1 fully saturated rings. The molecule has 1 heteroatoms. The van der Waals surface area contributed by atoms with Gasteiger partial charge in [-0.05, 0) is 86.7 Å². The monoisotopic (exact) mass is 245 g/mol. The van der Waals surface area contributed by atoms with E-state index in [9.17, 15) is 0 Å². The summed E-state index contributed by atoms with van der Waals surface area (Å²) < 4.78 is 0. The summed E-state index contributed by atoms with van der Waals surface area (Å²) in [5, 5.41) is 0. The van der Waals surface area contributed by atoms with Gasteiger partial charge in [-0.3, -0.25) is 0 Å². The molecule has 100 valence electrons. The summed E-state index contributed by atoms with van der Waals surface area (Å²) in [5.74, 6) is 0. The van der Waals surface area contributed by atoms with E-state index in [4.69, 9.17) is 5.73 Å². The van der Waals surface area contributed by atoms with Gasteiger partial charge in [0.1, 0.15) is 0 Å². The predicted octanol–water partition coefficient (Wildman–Crippen LogP) is 3.98. The summed E-state index contributed by atoms with van der Waals surface area (Å²) in [6, 6.07) is 2.32. The minimum Gasteiger partial charge on any atom is -0.330 e. The number of nitrogens with two attached hydrogens (primary N) is 1. The number of benzene rings is 1. The van der Waals surface area contributed by atoms with Crippen LogP contribution in [0.3, 0.4) is 0 Å². The third-order valence-corrected chi connectivity index (χ3v) is 5.17. The van der Waals surface area contributed by atoms with Crippen LogP contribution in [0.15, 0.2) is 6.07 Å². The van der Waals surface area contributed by atoms with Crippen LogP contribution < -0.4 is 5.73 Å². The smallest absolute Gasteiger partial charge is 0.00173 e. The molecule has 2 N–H and O–H groups in total. The first-order chi connectivity index (χ1) is 8.49. The van der Waals surface area contributed by atoms with Crippen molar-refractivity contribution in [3.05, 3.63) is 33.9 Å². The minimum atomic E-state index is 0.385. The molecule has 0 heterocycles. The Labute approximate surface area is 112 Å². The van der Waals surface area contributed by atoms with Crippen LogP contribution in [-0.2, 0) is 6.42 Å². The molecule has 1 aliphatic rings. The zero-order valence-corrected chi connectivity index (χ0v) is 12.4. The van der Waals surface area contributed by atoms with Crippen molar-refractivity contribution >= 4 is 0 Å². The average molecular weight is 245 g/mol. The van der Waals surface area contributed by atoms with E-state index in [-0.39, 0.29) is 0 Å². The van der Waals surface area contributed by atoms with Crippen LogP contribution in [0, 0.1) is 33.1 Å². The first kappa shape index (κ1) is 13.6. The van der Waals surface area contributed by atoms with Crippen LogP contribution in [-0.4, -0.2) is 6.54 Å². The molecule has 0 unspecified atom stereocenters. The molecule has 18 heavy (non-hydrogen) atoms. The van der Waals surface area contributed by atoms with Gasteiger partial charge < -0.3 is 5.73 Å². The maximum absolute atomic E-state index is 6.09. The molecule has 0 amide bonds. The van der Waals surface area contributed by atoms with Crippen LogP contribution in [0.25, 0.3) is 0 Å². The molecule has 0 saturated heterocycles. The maximum atomic E-state index is 6.09. The van der Waals surface area contributed by atoms with Gasteiger partial charge in [-0.15, -0.1) is 0 Å². The van der Waals surface area contributed by atoms with E-state index in [2.05, 4.69) is 33.8 Å². The zero-order valence-electron chi connectivity index (χ0n) is 12.4. The van der Waals surface area contributed by atoms with Gasteiger partial charge in [0.25, 0.3) is 0 Å². The molecular weight excluding hydrogens is 218 g/mol. The van der Waals surface area contributed by atoms with Crippen LogP contribution in [0.5, 0.6) is 0 Å². The van der Waals surface area contributed by atoms with Crippen molar-refractivity contribution in [3.63, 3.8) is 0 Å². The Kier molecular flexibility index (Phi) is 3.82. The van der Waals surface area contributed by atoms with Crippen LogP contribution in [0.4, 0.5) is 0 Å². The van der Waals surface area contributed by atoms with Crippen molar-refractivity contribution in [2.24, 2.45) is 11.1 Å². The molecule has 2 rings (SSSR count).